The fraction of sp³-hybridized carbons (Fsp3) is 0.280. The van der Waals surface area contributed by atoms with E-state index in [0.29, 0.717) is 18.9 Å². The van der Waals surface area contributed by atoms with Gasteiger partial charge in [-0.05, 0) is 55.2 Å². The summed E-state index contributed by atoms with van der Waals surface area (Å²) in [5.74, 6) is -0.623. The maximum absolute atomic E-state index is 11.4. The third-order valence-corrected chi connectivity index (χ3v) is 5.07. The lowest BCUT2D eigenvalue weighted by Gasteiger charge is -2.17. The van der Waals surface area contributed by atoms with Crippen molar-refractivity contribution in [2.24, 2.45) is 0 Å². The van der Waals surface area contributed by atoms with Crippen LogP contribution in [-0.2, 0) is 6.42 Å². The van der Waals surface area contributed by atoms with E-state index in [-0.39, 0.29) is 11.6 Å². The standard InChI is InChI=1S/C25H28N2O4/c1-3-31-24-14-20(10-11-22(24)25(29)30)19-8-6-18(7-9-19)13-17(2)27-16-23(28)21-5-4-12-26-15-21/h4-12,14-15,17,23,27-28H,3,13,16H2,1-2H3,(H,29,30)/t17-,23+/m1/s1. The quantitative estimate of drug-likeness (QED) is 0.457. The maximum atomic E-state index is 11.4. The molecule has 0 aliphatic carbocycles. The second-order valence-electron chi connectivity index (χ2n) is 7.46. The topological polar surface area (TPSA) is 91.7 Å². The number of pyridine rings is 1. The number of nitrogens with zero attached hydrogens (tertiary/aromatic N) is 1. The molecule has 0 amide bonds. The molecule has 31 heavy (non-hydrogen) atoms. The van der Waals surface area contributed by atoms with Crippen molar-refractivity contribution < 1.29 is 19.7 Å². The van der Waals surface area contributed by atoms with E-state index in [0.717, 1.165) is 23.1 Å². The predicted molar refractivity (Wildman–Crippen MR) is 120 cm³/mol. The number of ether oxygens (including phenoxy) is 1. The number of carbonyl (C=O) groups is 1. The Hall–Kier alpha value is -3.22. The molecular formula is C25H28N2O4. The number of aromatic nitrogens is 1. The van der Waals surface area contributed by atoms with Crippen molar-refractivity contribution in [3.05, 3.63) is 83.7 Å². The Balaban J connectivity index is 1.61. The minimum absolute atomic E-state index is 0.163. The number of carboxylic acids is 1. The Kier molecular flexibility index (Phi) is 7.76. The average Bonchev–Trinajstić information content (AvgIpc) is 2.78. The summed E-state index contributed by atoms with van der Waals surface area (Å²) in [6.45, 7) is 4.78. The van der Waals surface area contributed by atoms with Gasteiger partial charge in [-0.3, -0.25) is 4.98 Å². The van der Waals surface area contributed by atoms with Gasteiger partial charge in [0.05, 0.1) is 12.7 Å². The zero-order valence-electron chi connectivity index (χ0n) is 17.8. The number of aromatic carboxylic acids is 1. The molecule has 0 fully saturated rings. The van der Waals surface area contributed by atoms with Crippen LogP contribution in [0.4, 0.5) is 0 Å². The Labute approximate surface area is 182 Å². The zero-order chi connectivity index (χ0) is 22.2. The molecule has 3 rings (SSSR count). The molecule has 0 bridgehead atoms. The largest absolute Gasteiger partial charge is 0.493 e. The van der Waals surface area contributed by atoms with Crippen LogP contribution in [0.15, 0.2) is 67.0 Å². The van der Waals surface area contributed by atoms with Gasteiger partial charge in [-0.2, -0.15) is 0 Å². The van der Waals surface area contributed by atoms with Crippen molar-refractivity contribution in [3.8, 4) is 16.9 Å². The van der Waals surface area contributed by atoms with Crippen molar-refractivity contribution in [3.63, 3.8) is 0 Å². The predicted octanol–water partition coefficient (Wildman–Crippen LogP) is 4.10. The van der Waals surface area contributed by atoms with Gasteiger partial charge in [-0.25, -0.2) is 4.79 Å². The molecule has 1 aromatic heterocycles. The highest BCUT2D eigenvalue weighted by Gasteiger charge is 2.13. The summed E-state index contributed by atoms with van der Waals surface area (Å²) in [4.78, 5) is 15.4. The van der Waals surface area contributed by atoms with E-state index in [9.17, 15) is 15.0 Å². The molecular weight excluding hydrogens is 392 g/mol. The molecule has 162 valence electrons. The lowest BCUT2D eigenvalue weighted by Crippen LogP contribution is -2.32. The van der Waals surface area contributed by atoms with Crippen LogP contribution in [0.2, 0.25) is 0 Å². The number of nitrogens with one attached hydrogen (secondary N) is 1. The van der Waals surface area contributed by atoms with Gasteiger partial charge in [-0.15, -0.1) is 0 Å². The molecule has 2 aromatic carbocycles. The summed E-state index contributed by atoms with van der Waals surface area (Å²) in [7, 11) is 0. The van der Waals surface area contributed by atoms with Crippen LogP contribution >= 0.6 is 0 Å². The molecule has 6 heteroatoms. The number of hydrogen-bond acceptors (Lipinski definition) is 5. The minimum Gasteiger partial charge on any atom is -0.493 e. The van der Waals surface area contributed by atoms with Gasteiger partial charge >= 0.3 is 5.97 Å². The van der Waals surface area contributed by atoms with Crippen LogP contribution in [0.5, 0.6) is 5.75 Å². The zero-order valence-corrected chi connectivity index (χ0v) is 17.8. The summed E-state index contributed by atoms with van der Waals surface area (Å²) in [6.07, 6.45) is 3.60. The Morgan fingerprint density at radius 2 is 1.87 bits per heavy atom. The van der Waals surface area contributed by atoms with Crippen molar-refractivity contribution in [1.29, 1.82) is 0 Å². The molecule has 0 aliphatic heterocycles. The van der Waals surface area contributed by atoms with E-state index >= 15 is 0 Å². The molecule has 0 spiro atoms. The first kappa shape index (κ1) is 22.5. The van der Waals surface area contributed by atoms with Crippen LogP contribution in [0.3, 0.4) is 0 Å². The Morgan fingerprint density at radius 1 is 1.13 bits per heavy atom. The summed E-state index contributed by atoms with van der Waals surface area (Å²) in [6, 6.07) is 17.2. The lowest BCUT2D eigenvalue weighted by atomic mass is 9.99. The minimum atomic E-state index is -1.000. The Bertz CT molecular complexity index is 990. The van der Waals surface area contributed by atoms with Crippen molar-refractivity contribution in [1.82, 2.24) is 10.3 Å². The highest BCUT2D eigenvalue weighted by atomic mass is 16.5. The first-order chi connectivity index (χ1) is 15.0. The van der Waals surface area contributed by atoms with Crippen molar-refractivity contribution in [2.75, 3.05) is 13.2 Å². The Morgan fingerprint density at radius 3 is 2.52 bits per heavy atom. The van der Waals surface area contributed by atoms with Gasteiger partial charge < -0.3 is 20.3 Å². The fourth-order valence-electron chi connectivity index (χ4n) is 3.42. The lowest BCUT2D eigenvalue weighted by molar-refractivity contribution is 0.0692. The van der Waals surface area contributed by atoms with Gasteiger partial charge in [0, 0.05) is 30.5 Å². The van der Waals surface area contributed by atoms with Gasteiger partial charge in [0.15, 0.2) is 0 Å². The van der Waals surface area contributed by atoms with Crippen LogP contribution < -0.4 is 10.1 Å². The normalized spacial score (nSPS) is 12.9. The fourth-order valence-corrected chi connectivity index (χ4v) is 3.42. The van der Waals surface area contributed by atoms with Gasteiger partial charge in [0.25, 0.3) is 0 Å². The number of hydrogen-bond donors (Lipinski definition) is 3. The number of benzene rings is 2. The first-order valence-electron chi connectivity index (χ1n) is 10.4. The van der Waals surface area contributed by atoms with E-state index < -0.39 is 12.1 Å². The SMILES string of the molecule is CCOc1cc(-c2ccc(C[C@@H](C)NC[C@H](O)c3cccnc3)cc2)ccc1C(=O)O. The third-order valence-electron chi connectivity index (χ3n) is 5.07. The van der Waals surface area contributed by atoms with Gasteiger partial charge in [0.1, 0.15) is 11.3 Å². The molecule has 1 heterocycles. The van der Waals surface area contributed by atoms with E-state index in [1.807, 2.05) is 31.2 Å². The molecule has 0 saturated carbocycles. The monoisotopic (exact) mass is 420 g/mol. The average molecular weight is 421 g/mol. The summed E-state index contributed by atoms with van der Waals surface area (Å²) in [5.41, 5.74) is 4.04. The molecule has 6 nitrogen and oxygen atoms in total. The highest BCUT2D eigenvalue weighted by molar-refractivity contribution is 5.92. The van der Waals surface area contributed by atoms with Crippen LogP contribution in [-0.4, -0.2) is 40.4 Å². The van der Waals surface area contributed by atoms with Gasteiger partial charge in [-0.1, -0.05) is 36.4 Å². The molecule has 0 aliphatic rings. The number of aliphatic hydroxyl groups is 1. The smallest absolute Gasteiger partial charge is 0.339 e. The second kappa shape index (κ2) is 10.7. The second-order valence-corrected chi connectivity index (χ2v) is 7.46. The molecule has 3 aromatic rings. The molecule has 0 unspecified atom stereocenters. The van der Waals surface area contributed by atoms with Crippen molar-refractivity contribution >= 4 is 5.97 Å². The van der Waals surface area contributed by atoms with E-state index in [1.165, 1.54) is 5.56 Å². The van der Waals surface area contributed by atoms with Gasteiger partial charge in [0.2, 0.25) is 0 Å². The summed E-state index contributed by atoms with van der Waals surface area (Å²) >= 11 is 0. The van der Waals surface area contributed by atoms with E-state index in [1.54, 1.807) is 30.6 Å². The number of rotatable bonds is 10. The molecule has 0 radical (unpaired) electrons. The molecule has 2 atom stereocenters. The number of aliphatic hydroxyl groups excluding tert-OH is 1. The number of carboxylic acid groups (broad SMARTS) is 1. The molecule has 0 saturated heterocycles. The highest BCUT2D eigenvalue weighted by Crippen LogP contribution is 2.28. The first-order valence-corrected chi connectivity index (χ1v) is 10.4. The van der Waals surface area contributed by atoms with Crippen LogP contribution in [0, 0.1) is 0 Å². The molecule has 3 N–H and O–H groups in total. The van der Waals surface area contributed by atoms with E-state index in [2.05, 4.69) is 29.4 Å². The van der Waals surface area contributed by atoms with E-state index in [4.69, 9.17) is 4.74 Å². The third kappa shape index (κ3) is 6.13. The van der Waals surface area contributed by atoms with Crippen LogP contribution in [0.25, 0.3) is 11.1 Å². The maximum Gasteiger partial charge on any atom is 0.339 e. The van der Waals surface area contributed by atoms with Crippen molar-refractivity contribution in [2.45, 2.75) is 32.4 Å². The van der Waals surface area contributed by atoms with Crippen LogP contribution in [0.1, 0.15) is 41.4 Å². The summed E-state index contributed by atoms with van der Waals surface area (Å²) in [5, 5.41) is 22.9. The summed E-state index contributed by atoms with van der Waals surface area (Å²) < 4.78 is 5.50.